The Kier molecular flexibility index (Phi) is 1.71. The number of fused-ring (bicyclic) bond motifs is 1. The van der Waals surface area contributed by atoms with Crippen molar-refractivity contribution in [1.82, 2.24) is 9.55 Å². The van der Waals surface area contributed by atoms with Gasteiger partial charge in [-0.15, -0.1) is 0 Å². The minimum Gasteiger partial charge on any atom is -0.369 e. The van der Waals surface area contributed by atoms with Crippen molar-refractivity contribution in [2.24, 2.45) is 0 Å². The average molecular weight is 226 g/mol. The number of imidazole rings is 1. The molecule has 0 atom stereocenters. The molecule has 2 N–H and O–H groups in total. The lowest BCUT2D eigenvalue weighted by Gasteiger charge is -2.03. The van der Waals surface area contributed by atoms with E-state index >= 15 is 0 Å². The maximum atomic E-state index is 13.3. The van der Waals surface area contributed by atoms with Crippen molar-refractivity contribution >= 4 is 28.6 Å². The first-order chi connectivity index (χ1) is 7.16. The number of benzene rings is 1. The Balaban J connectivity index is 2.34. The number of nitrogen functional groups attached to an aromatic ring is 1. The molecule has 0 amide bonds. The fraction of sp³-hybridized carbons (Fsp3) is 0.300. The van der Waals surface area contributed by atoms with Gasteiger partial charge < -0.3 is 10.3 Å². The van der Waals surface area contributed by atoms with Gasteiger partial charge in [0, 0.05) is 12.1 Å². The van der Waals surface area contributed by atoms with Crippen LogP contribution in [0.4, 0.5) is 10.3 Å². The van der Waals surface area contributed by atoms with Crippen LogP contribution in [-0.4, -0.2) is 9.55 Å². The van der Waals surface area contributed by atoms with E-state index in [0.717, 1.165) is 18.4 Å². The van der Waals surface area contributed by atoms with Crippen LogP contribution < -0.4 is 5.73 Å². The standard InChI is InChI=1S/C10H9ClFN3/c11-6-3-8-9(4-7(6)12)15(5-1-2-5)10(13)14-8/h3-5H,1-2H2,(H2,13,14). The highest BCUT2D eigenvalue weighted by Crippen LogP contribution is 2.40. The third-order valence-electron chi connectivity index (χ3n) is 2.67. The van der Waals surface area contributed by atoms with Gasteiger partial charge in [0.05, 0.1) is 16.1 Å². The molecule has 0 aliphatic heterocycles. The molecule has 1 fully saturated rings. The quantitative estimate of drug-likeness (QED) is 0.811. The molecule has 1 heterocycles. The molecule has 78 valence electrons. The summed E-state index contributed by atoms with van der Waals surface area (Å²) in [4.78, 5) is 4.17. The molecule has 0 bridgehead atoms. The van der Waals surface area contributed by atoms with Crippen molar-refractivity contribution in [1.29, 1.82) is 0 Å². The zero-order valence-electron chi connectivity index (χ0n) is 7.87. The number of halogens is 2. The maximum absolute atomic E-state index is 13.3. The topological polar surface area (TPSA) is 43.8 Å². The maximum Gasteiger partial charge on any atom is 0.201 e. The SMILES string of the molecule is Nc1nc2cc(Cl)c(F)cc2n1C1CC1. The summed E-state index contributed by atoms with van der Waals surface area (Å²) in [5.74, 6) is 0.0140. The van der Waals surface area contributed by atoms with Crippen LogP contribution in [0.25, 0.3) is 11.0 Å². The number of rotatable bonds is 1. The Hall–Kier alpha value is -1.29. The number of aromatic nitrogens is 2. The fourth-order valence-electron chi connectivity index (χ4n) is 1.83. The highest BCUT2D eigenvalue weighted by Gasteiger charge is 2.27. The molecule has 5 heteroatoms. The van der Waals surface area contributed by atoms with Crippen molar-refractivity contribution in [2.75, 3.05) is 5.73 Å². The van der Waals surface area contributed by atoms with E-state index in [1.165, 1.54) is 12.1 Å². The summed E-state index contributed by atoms with van der Waals surface area (Å²) in [6.45, 7) is 0. The van der Waals surface area contributed by atoms with Gasteiger partial charge in [-0.05, 0) is 18.9 Å². The second-order valence-electron chi connectivity index (χ2n) is 3.83. The molecule has 1 aliphatic rings. The number of hydrogen-bond donors (Lipinski definition) is 1. The summed E-state index contributed by atoms with van der Waals surface area (Å²) in [5, 5.41) is 0.0861. The Morgan fingerprint density at radius 2 is 2.20 bits per heavy atom. The van der Waals surface area contributed by atoms with Crippen LogP contribution >= 0.6 is 11.6 Å². The van der Waals surface area contributed by atoms with Crippen molar-refractivity contribution in [3.63, 3.8) is 0 Å². The van der Waals surface area contributed by atoms with Gasteiger partial charge in [0.1, 0.15) is 5.82 Å². The summed E-state index contributed by atoms with van der Waals surface area (Å²) in [6, 6.07) is 3.30. The van der Waals surface area contributed by atoms with Crippen molar-refractivity contribution in [3.05, 3.63) is 23.0 Å². The lowest BCUT2D eigenvalue weighted by Crippen LogP contribution is -2.00. The van der Waals surface area contributed by atoms with E-state index in [1.807, 2.05) is 4.57 Å². The summed E-state index contributed by atoms with van der Waals surface area (Å²) in [5.41, 5.74) is 7.17. The predicted molar refractivity (Wildman–Crippen MR) is 57.4 cm³/mol. The summed E-state index contributed by atoms with van der Waals surface area (Å²) in [6.07, 6.45) is 2.17. The normalized spacial score (nSPS) is 16.1. The van der Waals surface area contributed by atoms with E-state index in [1.54, 1.807) is 0 Å². The number of nitrogens with zero attached hydrogens (tertiary/aromatic N) is 2. The fourth-order valence-corrected chi connectivity index (χ4v) is 1.98. The van der Waals surface area contributed by atoms with E-state index in [4.69, 9.17) is 17.3 Å². The zero-order valence-corrected chi connectivity index (χ0v) is 8.63. The van der Waals surface area contributed by atoms with Gasteiger partial charge in [-0.2, -0.15) is 0 Å². The van der Waals surface area contributed by atoms with Crippen LogP contribution in [0.15, 0.2) is 12.1 Å². The molecule has 1 aliphatic carbocycles. The van der Waals surface area contributed by atoms with Gasteiger partial charge in [0.25, 0.3) is 0 Å². The van der Waals surface area contributed by atoms with E-state index in [2.05, 4.69) is 4.98 Å². The third kappa shape index (κ3) is 1.28. The van der Waals surface area contributed by atoms with Gasteiger partial charge in [-0.1, -0.05) is 11.6 Å². The van der Waals surface area contributed by atoms with Crippen LogP contribution in [0.5, 0.6) is 0 Å². The third-order valence-corrected chi connectivity index (χ3v) is 2.96. The molecule has 3 rings (SSSR count). The first-order valence-electron chi connectivity index (χ1n) is 4.79. The molecular weight excluding hydrogens is 217 g/mol. The van der Waals surface area contributed by atoms with Gasteiger partial charge in [0.15, 0.2) is 0 Å². The molecular formula is C10H9ClFN3. The van der Waals surface area contributed by atoms with Crippen molar-refractivity contribution in [2.45, 2.75) is 18.9 Å². The minimum absolute atomic E-state index is 0.0861. The second kappa shape index (κ2) is 2.85. The van der Waals surface area contributed by atoms with Crippen molar-refractivity contribution in [3.8, 4) is 0 Å². The summed E-state index contributed by atoms with van der Waals surface area (Å²) >= 11 is 5.68. The van der Waals surface area contributed by atoms with Crippen LogP contribution in [0.1, 0.15) is 18.9 Å². The molecule has 0 spiro atoms. The van der Waals surface area contributed by atoms with Gasteiger partial charge in [0.2, 0.25) is 5.95 Å². The number of anilines is 1. The van der Waals surface area contributed by atoms with Crippen LogP contribution in [-0.2, 0) is 0 Å². The molecule has 0 radical (unpaired) electrons. The Labute approximate surface area is 90.6 Å². The van der Waals surface area contributed by atoms with E-state index in [0.29, 0.717) is 17.5 Å². The van der Waals surface area contributed by atoms with Gasteiger partial charge >= 0.3 is 0 Å². The van der Waals surface area contributed by atoms with Crippen LogP contribution in [0.3, 0.4) is 0 Å². The first-order valence-corrected chi connectivity index (χ1v) is 5.17. The molecule has 3 nitrogen and oxygen atoms in total. The minimum atomic E-state index is -0.425. The number of hydrogen-bond acceptors (Lipinski definition) is 2. The Morgan fingerprint density at radius 3 is 2.87 bits per heavy atom. The second-order valence-corrected chi connectivity index (χ2v) is 4.23. The molecule has 15 heavy (non-hydrogen) atoms. The van der Waals surface area contributed by atoms with Crippen molar-refractivity contribution < 1.29 is 4.39 Å². The molecule has 1 aromatic carbocycles. The summed E-state index contributed by atoms with van der Waals surface area (Å²) in [7, 11) is 0. The average Bonchev–Trinajstić information content (AvgIpc) is 2.93. The smallest absolute Gasteiger partial charge is 0.201 e. The van der Waals surface area contributed by atoms with Crippen LogP contribution in [0.2, 0.25) is 5.02 Å². The molecule has 1 aromatic heterocycles. The highest BCUT2D eigenvalue weighted by molar-refractivity contribution is 6.31. The zero-order chi connectivity index (χ0) is 10.6. The van der Waals surface area contributed by atoms with E-state index < -0.39 is 5.82 Å². The van der Waals surface area contributed by atoms with Gasteiger partial charge in [-0.3, -0.25) is 0 Å². The molecule has 0 saturated heterocycles. The predicted octanol–water partition coefficient (Wildman–Crippen LogP) is 2.75. The molecule has 0 unspecified atom stereocenters. The Bertz CT molecular complexity index is 545. The largest absolute Gasteiger partial charge is 0.369 e. The van der Waals surface area contributed by atoms with Crippen LogP contribution in [0, 0.1) is 5.82 Å². The summed E-state index contributed by atoms with van der Waals surface area (Å²) < 4.78 is 15.2. The van der Waals surface area contributed by atoms with E-state index in [9.17, 15) is 4.39 Å². The lowest BCUT2D eigenvalue weighted by molar-refractivity contribution is 0.628. The Morgan fingerprint density at radius 1 is 1.47 bits per heavy atom. The highest BCUT2D eigenvalue weighted by atomic mass is 35.5. The lowest BCUT2D eigenvalue weighted by atomic mass is 10.3. The van der Waals surface area contributed by atoms with Gasteiger partial charge in [-0.25, -0.2) is 9.37 Å². The molecule has 2 aromatic rings. The monoisotopic (exact) mass is 225 g/mol. The molecule has 1 saturated carbocycles. The van der Waals surface area contributed by atoms with E-state index in [-0.39, 0.29) is 5.02 Å². The first kappa shape index (κ1) is 8.97. The number of nitrogens with two attached hydrogens (primary N) is 1.